The summed E-state index contributed by atoms with van der Waals surface area (Å²) in [4.78, 5) is 27.1. The molecule has 3 heterocycles. The Balaban J connectivity index is 1.62. The Labute approximate surface area is 168 Å². The zero-order valence-electron chi connectivity index (χ0n) is 16.3. The summed E-state index contributed by atoms with van der Waals surface area (Å²) >= 11 is 1.76. The number of rotatable bonds is 2. The fourth-order valence-electron chi connectivity index (χ4n) is 3.77. The summed E-state index contributed by atoms with van der Waals surface area (Å²) in [5.41, 5.74) is 3.91. The van der Waals surface area contributed by atoms with E-state index in [0.717, 1.165) is 34.0 Å². The van der Waals surface area contributed by atoms with Gasteiger partial charge in [-0.2, -0.15) is 16.9 Å². The van der Waals surface area contributed by atoms with E-state index in [1.54, 1.807) is 21.3 Å². The minimum Gasteiger partial charge on any atom is -0.372 e. The Morgan fingerprint density at radius 3 is 2.61 bits per heavy atom. The van der Waals surface area contributed by atoms with Crippen LogP contribution in [0.4, 0.5) is 5.82 Å². The molecule has 1 fully saturated rings. The molecule has 8 heteroatoms. The van der Waals surface area contributed by atoms with Crippen molar-refractivity contribution in [3.05, 3.63) is 41.1 Å². The van der Waals surface area contributed by atoms with Crippen molar-refractivity contribution < 1.29 is 14.3 Å². The number of morpholine rings is 1. The van der Waals surface area contributed by atoms with Gasteiger partial charge in [0.05, 0.1) is 23.6 Å². The number of hydrogen-bond acceptors (Lipinski definition) is 5. The molecule has 2 aliphatic heterocycles. The molecule has 1 aromatic carbocycles. The first kappa shape index (κ1) is 19.0. The van der Waals surface area contributed by atoms with Gasteiger partial charge in [-0.1, -0.05) is 18.2 Å². The molecule has 28 heavy (non-hydrogen) atoms. The van der Waals surface area contributed by atoms with Gasteiger partial charge in [-0.15, -0.1) is 0 Å². The van der Waals surface area contributed by atoms with Crippen molar-refractivity contribution in [1.29, 1.82) is 0 Å². The summed E-state index contributed by atoms with van der Waals surface area (Å²) in [5, 5.41) is 7.57. The summed E-state index contributed by atoms with van der Waals surface area (Å²) in [7, 11) is 0. The lowest BCUT2D eigenvalue weighted by molar-refractivity contribution is -0.151. The second-order valence-electron chi connectivity index (χ2n) is 7.39. The van der Waals surface area contributed by atoms with E-state index in [1.165, 1.54) is 0 Å². The second kappa shape index (κ2) is 7.60. The largest absolute Gasteiger partial charge is 0.372 e. The van der Waals surface area contributed by atoms with E-state index in [4.69, 9.17) is 9.84 Å². The third-order valence-electron chi connectivity index (χ3n) is 5.03. The number of anilines is 1. The van der Waals surface area contributed by atoms with Gasteiger partial charge in [-0.05, 0) is 32.4 Å². The average molecular weight is 401 g/mol. The Morgan fingerprint density at radius 2 is 1.89 bits per heavy atom. The van der Waals surface area contributed by atoms with Crippen molar-refractivity contribution in [3.63, 3.8) is 0 Å². The maximum Gasteiger partial charge on any atom is 0.315 e. The standard InChI is InChI=1S/C20H24N4O3S/c1-12-6-4-5-7-17(12)24-18(15-10-28-11-16(15)22-24)21-19(25)20(26)23-8-13(2)27-14(3)9-23/h4-7,13-14H,8-11H2,1-3H3,(H,21,25)/t13-,14-/m0/s1. The quantitative estimate of drug-likeness (QED) is 0.784. The molecule has 1 N–H and O–H groups in total. The molecule has 0 saturated carbocycles. The molecule has 0 spiro atoms. The zero-order chi connectivity index (χ0) is 19.8. The van der Waals surface area contributed by atoms with E-state index < -0.39 is 11.8 Å². The van der Waals surface area contributed by atoms with Crippen LogP contribution < -0.4 is 5.32 Å². The number of fused-ring (bicyclic) bond motifs is 1. The van der Waals surface area contributed by atoms with Crippen LogP contribution in [0.5, 0.6) is 0 Å². The summed E-state index contributed by atoms with van der Waals surface area (Å²) in [6.45, 7) is 6.66. The van der Waals surface area contributed by atoms with Crippen molar-refractivity contribution >= 4 is 29.4 Å². The number of hydrogen-bond donors (Lipinski definition) is 1. The highest BCUT2D eigenvalue weighted by Crippen LogP contribution is 2.36. The van der Waals surface area contributed by atoms with Crippen LogP contribution in [-0.2, 0) is 25.8 Å². The molecule has 0 bridgehead atoms. The van der Waals surface area contributed by atoms with Crippen LogP contribution in [0.2, 0.25) is 0 Å². The van der Waals surface area contributed by atoms with Gasteiger partial charge < -0.3 is 15.0 Å². The molecular weight excluding hydrogens is 376 g/mol. The van der Waals surface area contributed by atoms with Gasteiger partial charge >= 0.3 is 11.8 Å². The van der Waals surface area contributed by atoms with Gasteiger partial charge in [0.15, 0.2) is 0 Å². The van der Waals surface area contributed by atoms with Gasteiger partial charge in [0.1, 0.15) is 5.82 Å². The predicted molar refractivity (Wildman–Crippen MR) is 109 cm³/mol. The van der Waals surface area contributed by atoms with E-state index in [9.17, 15) is 9.59 Å². The van der Waals surface area contributed by atoms with E-state index in [1.807, 2.05) is 45.0 Å². The van der Waals surface area contributed by atoms with Crippen LogP contribution >= 0.6 is 11.8 Å². The van der Waals surface area contributed by atoms with Crippen molar-refractivity contribution in [2.24, 2.45) is 0 Å². The third-order valence-corrected chi connectivity index (χ3v) is 6.00. The molecule has 148 valence electrons. The topological polar surface area (TPSA) is 76.5 Å². The number of nitrogens with zero attached hydrogens (tertiary/aromatic N) is 3. The minimum atomic E-state index is -0.629. The van der Waals surface area contributed by atoms with Crippen molar-refractivity contribution in [1.82, 2.24) is 14.7 Å². The minimum absolute atomic E-state index is 0.0846. The molecule has 7 nitrogen and oxygen atoms in total. The second-order valence-corrected chi connectivity index (χ2v) is 8.37. The lowest BCUT2D eigenvalue weighted by Gasteiger charge is -2.34. The van der Waals surface area contributed by atoms with Gasteiger partial charge in [-0.25, -0.2) is 4.68 Å². The fraction of sp³-hybridized carbons (Fsp3) is 0.450. The first-order chi connectivity index (χ1) is 13.4. The van der Waals surface area contributed by atoms with E-state index in [2.05, 4.69) is 5.32 Å². The number of nitrogens with one attached hydrogen (secondary N) is 1. The van der Waals surface area contributed by atoms with Crippen LogP contribution in [0, 0.1) is 6.92 Å². The summed E-state index contributed by atoms with van der Waals surface area (Å²) < 4.78 is 7.42. The number of carbonyl (C=O) groups excluding carboxylic acids is 2. The lowest BCUT2D eigenvalue weighted by Crippen LogP contribution is -2.51. The molecular formula is C20H24N4O3S. The number of amides is 2. The molecule has 0 aliphatic carbocycles. The number of benzene rings is 1. The number of thioether (sulfide) groups is 1. The molecule has 2 amide bonds. The average Bonchev–Trinajstić information content (AvgIpc) is 3.23. The van der Waals surface area contributed by atoms with Crippen LogP contribution in [0.25, 0.3) is 5.69 Å². The fourth-order valence-corrected chi connectivity index (χ4v) is 4.80. The summed E-state index contributed by atoms with van der Waals surface area (Å²) in [5.74, 6) is 1.02. The molecule has 0 unspecified atom stereocenters. The number of aromatic nitrogens is 2. The van der Waals surface area contributed by atoms with Crippen molar-refractivity contribution in [2.45, 2.75) is 44.5 Å². The maximum atomic E-state index is 12.8. The highest BCUT2D eigenvalue weighted by atomic mass is 32.2. The first-order valence-corrected chi connectivity index (χ1v) is 10.6. The Bertz CT molecular complexity index is 916. The number of carbonyl (C=O) groups is 2. The predicted octanol–water partition coefficient (Wildman–Crippen LogP) is 2.50. The number of ether oxygens (including phenoxy) is 1. The molecule has 2 atom stereocenters. The van der Waals surface area contributed by atoms with E-state index in [0.29, 0.717) is 18.9 Å². The Morgan fingerprint density at radius 1 is 1.18 bits per heavy atom. The smallest absolute Gasteiger partial charge is 0.315 e. The molecule has 0 radical (unpaired) electrons. The van der Waals surface area contributed by atoms with Crippen LogP contribution in [0.1, 0.15) is 30.7 Å². The Kier molecular flexibility index (Phi) is 5.16. The molecule has 1 aromatic heterocycles. The van der Waals surface area contributed by atoms with Gasteiger partial charge in [0, 0.05) is 30.2 Å². The lowest BCUT2D eigenvalue weighted by atomic mass is 10.2. The molecule has 2 aromatic rings. The third kappa shape index (κ3) is 3.54. The number of aryl methyl sites for hydroxylation is 1. The first-order valence-electron chi connectivity index (χ1n) is 9.44. The van der Waals surface area contributed by atoms with Crippen molar-refractivity contribution in [3.8, 4) is 5.69 Å². The van der Waals surface area contributed by atoms with Gasteiger partial charge in [-0.3, -0.25) is 9.59 Å². The molecule has 4 rings (SSSR count). The van der Waals surface area contributed by atoms with Gasteiger partial charge in [0.2, 0.25) is 0 Å². The normalized spacial score (nSPS) is 21.5. The van der Waals surface area contributed by atoms with Gasteiger partial charge in [0.25, 0.3) is 0 Å². The molecule has 2 aliphatic rings. The van der Waals surface area contributed by atoms with Crippen molar-refractivity contribution in [2.75, 3.05) is 18.4 Å². The highest BCUT2D eigenvalue weighted by Gasteiger charge is 2.32. The highest BCUT2D eigenvalue weighted by molar-refractivity contribution is 7.98. The van der Waals surface area contributed by atoms with E-state index in [-0.39, 0.29) is 12.2 Å². The molecule has 1 saturated heterocycles. The maximum absolute atomic E-state index is 12.8. The van der Waals surface area contributed by atoms with Crippen LogP contribution in [0.15, 0.2) is 24.3 Å². The van der Waals surface area contributed by atoms with Crippen LogP contribution in [-0.4, -0.2) is 51.8 Å². The summed E-state index contributed by atoms with van der Waals surface area (Å²) in [6, 6.07) is 7.88. The zero-order valence-corrected chi connectivity index (χ0v) is 17.1. The monoisotopic (exact) mass is 400 g/mol. The summed E-state index contributed by atoms with van der Waals surface area (Å²) in [6.07, 6.45) is -0.169. The van der Waals surface area contributed by atoms with Crippen LogP contribution in [0.3, 0.4) is 0 Å². The number of para-hydroxylation sites is 1. The van der Waals surface area contributed by atoms with E-state index >= 15 is 0 Å². The SMILES string of the molecule is Cc1ccccc1-n1nc2c(c1NC(=O)C(=O)N1C[C@H](C)O[C@@H](C)C1)CSC2. The Hall–Kier alpha value is -2.32.